The average Bonchev–Trinajstić information content (AvgIpc) is 3.14. The molecule has 7 heteroatoms. The molecule has 0 unspecified atom stereocenters. The molecular formula is C19H16ClN5S. The molecule has 0 radical (unpaired) electrons. The van der Waals surface area contributed by atoms with Crippen molar-refractivity contribution in [3.8, 4) is 5.69 Å². The molecule has 0 spiro atoms. The van der Waals surface area contributed by atoms with Crippen LogP contribution in [0.15, 0.2) is 64.8 Å². The Hall–Kier alpha value is -2.70. The molecule has 4 aromatic rings. The summed E-state index contributed by atoms with van der Waals surface area (Å²) in [7, 11) is 1.98. The predicted molar refractivity (Wildman–Crippen MR) is 107 cm³/mol. The third-order valence-electron chi connectivity index (χ3n) is 4.09. The molecule has 0 amide bonds. The van der Waals surface area contributed by atoms with E-state index < -0.39 is 0 Å². The average molecular weight is 382 g/mol. The first-order valence-electron chi connectivity index (χ1n) is 8.07. The highest BCUT2D eigenvalue weighted by Gasteiger charge is 2.12. The van der Waals surface area contributed by atoms with Crippen LogP contribution in [0.1, 0.15) is 11.3 Å². The second-order valence-corrected chi connectivity index (χ2v) is 7.16. The highest BCUT2D eigenvalue weighted by atomic mass is 35.5. The lowest BCUT2D eigenvalue weighted by Gasteiger charge is -2.01. The van der Waals surface area contributed by atoms with Crippen LogP contribution < -0.4 is 4.80 Å². The second kappa shape index (κ2) is 6.90. The van der Waals surface area contributed by atoms with Crippen LogP contribution in [0.5, 0.6) is 0 Å². The van der Waals surface area contributed by atoms with Crippen molar-refractivity contribution in [1.29, 1.82) is 0 Å². The highest BCUT2D eigenvalue weighted by Crippen LogP contribution is 2.22. The summed E-state index contributed by atoms with van der Waals surface area (Å²) in [5.41, 5.74) is 3.62. The normalized spacial score (nSPS) is 12.5. The number of nitrogens with zero attached hydrogens (tertiary/aromatic N) is 5. The van der Waals surface area contributed by atoms with Gasteiger partial charge in [0.15, 0.2) is 0 Å². The Morgan fingerprint density at radius 3 is 2.58 bits per heavy atom. The SMILES string of the molecule is Cc1nn(-c2ccccc2)c(Cl)c1/C=N\N=c1/sc2ccccc2n1C. The van der Waals surface area contributed by atoms with Crippen LogP contribution in [0, 0.1) is 6.92 Å². The first-order chi connectivity index (χ1) is 12.6. The van der Waals surface area contributed by atoms with Crippen molar-refractivity contribution in [1.82, 2.24) is 14.3 Å². The Balaban J connectivity index is 1.71. The highest BCUT2D eigenvalue weighted by molar-refractivity contribution is 7.16. The molecule has 2 aromatic carbocycles. The van der Waals surface area contributed by atoms with Crippen LogP contribution >= 0.6 is 22.9 Å². The molecule has 0 saturated carbocycles. The van der Waals surface area contributed by atoms with E-state index in [-0.39, 0.29) is 0 Å². The van der Waals surface area contributed by atoms with E-state index in [9.17, 15) is 0 Å². The van der Waals surface area contributed by atoms with Crippen LogP contribution in [-0.2, 0) is 7.05 Å². The first-order valence-corrected chi connectivity index (χ1v) is 9.27. The number of halogens is 1. The molecule has 0 N–H and O–H groups in total. The summed E-state index contributed by atoms with van der Waals surface area (Å²) in [5, 5.41) is 13.6. The molecule has 0 aliphatic heterocycles. The summed E-state index contributed by atoms with van der Waals surface area (Å²) < 4.78 is 4.91. The van der Waals surface area contributed by atoms with Crippen molar-refractivity contribution < 1.29 is 0 Å². The molecule has 5 nitrogen and oxygen atoms in total. The monoisotopic (exact) mass is 381 g/mol. The van der Waals surface area contributed by atoms with Crippen LogP contribution in [0.25, 0.3) is 15.9 Å². The van der Waals surface area contributed by atoms with E-state index in [2.05, 4.69) is 27.4 Å². The van der Waals surface area contributed by atoms with Gasteiger partial charge in [0, 0.05) is 7.05 Å². The Bertz CT molecular complexity index is 1170. The molecule has 0 fully saturated rings. The number of fused-ring (bicyclic) bond motifs is 1. The maximum Gasteiger partial charge on any atom is 0.211 e. The van der Waals surface area contributed by atoms with Crippen molar-refractivity contribution in [2.75, 3.05) is 0 Å². The fraction of sp³-hybridized carbons (Fsp3) is 0.105. The second-order valence-electron chi connectivity index (χ2n) is 5.79. The van der Waals surface area contributed by atoms with Gasteiger partial charge in [-0.05, 0) is 31.2 Å². The van der Waals surface area contributed by atoms with Gasteiger partial charge >= 0.3 is 0 Å². The molecule has 2 aromatic heterocycles. The van der Waals surface area contributed by atoms with E-state index in [1.807, 2.05) is 61.0 Å². The Kier molecular flexibility index (Phi) is 4.44. The number of para-hydroxylation sites is 2. The number of aromatic nitrogens is 3. The summed E-state index contributed by atoms with van der Waals surface area (Å²) in [6.07, 6.45) is 1.66. The Morgan fingerprint density at radius 1 is 1.08 bits per heavy atom. The molecule has 0 atom stereocenters. The van der Waals surface area contributed by atoms with Gasteiger partial charge in [-0.15, -0.1) is 5.10 Å². The lowest BCUT2D eigenvalue weighted by Crippen LogP contribution is -2.08. The van der Waals surface area contributed by atoms with Crippen molar-refractivity contribution >= 4 is 39.4 Å². The molecule has 130 valence electrons. The van der Waals surface area contributed by atoms with Gasteiger partial charge in [-0.1, -0.05) is 53.3 Å². The van der Waals surface area contributed by atoms with Crippen LogP contribution in [0.3, 0.4) is 0 Å². The maximum absolute atomic E-state index is 6.51. The number of hydrogen-bond donors (Lipinski definition) is 0. The first kappa shape index (κ1) is 16.8. The zero-order valence-electron chi connectivity index (χ0n) is 14.3. The topological polar surface area (TPSA) is 47.5 Å². The summed E-state index contributed by atoms with van der Waals surface area (Å²) in [6.45, 7) is 1.91. The molecule has 0 aliphatic rings. The van der Waals surface area contributed by atoms with E-state index in [1.54, 1.807) is 22.2 Å². The van der Waals surface area contributed by atoms with Gasteiger partial charge in [0.25, 0.3) is 0 Å². The Morgan fingerprint density at radius 2 is 1.81 bits per heavy atom. The van der Waals surface area contributed by atoms with Gasteiger partial charge in [0.05, 0.1) is 33.4 Å². The fourth-order valence-corrected chi connectivity index (χ4v) is 4.01. The van der Waals surface area contributed by atoms with Gasteiger partial charge in [-0.2, -0.15) is 10.2 Å². The van der Waals surface area contributed by atoms with Gasteiger partial charge in [0.1, 0.15) is 5.15 Å². The van der Waals surface area contributed by atoms with E-state index in [0.717, 1.165) is 27.3 Å². The predicted octanol–water partition coefficient (Wildman–Crippen LogP) is 4.32. The van der Waals surface area contributed by atoms with Gasteiger partial charge in [-0.3, -0.25) is 0 Å². The van der Waals surface area contributed by atoms with Crippen LogP contribution in [0.2, 0.25) is 5.15 Å². The summed E-state index contributed by atoms with van der Waals surface area (Å²) in [6, 6.07) is 18.0. The fourth-order valence-electron chi connectivity index (χ4n) is 2.71. The molecule has 0 aliphatic carbocycles. The molecule has 26 heavy (non-hydrogen) atoms. The third-order valence-corrected chi connectivity index (χ3v) is 5.56. The van der Waals surface area contributed by atoms with Crippen LogP contribution in [-0.4, -0.2) is 20.6 Å². The largest absolute Gasteiger partial charge is 0.318 e. The summed E-state index contributed by atoms with van der Waals surface area (Å²) >= 11 is 8.10. The lowest BCUT2D eigenvalue weighted by atomic mass is 10.3. The minimum atomic E-state index is 0.522. The molecule has 0 bridgehead atoms. The number of benzene rings is 2. The quantitative estimate of drug-likeness (QED) is 0.385. The molecule has 4 rings (SSSR count). The number of thiazole rings is 1. The number of rotatable bonds is 3. The maximum atomic E-state index is 6.51. The van der Waals surface area contributed by atoms with E-state index in [1.165, 1.54) is 4.70 Å². The zero-order valence-corrected chi connectivity index (χ0v) is 15.9. The van der Waals surface area contributed by atoms with Crippen LogP contribution in [0.4, 0.5) is 0 Å². The number of aryl methyl sites for hydroxylation is 2. The third kappa shape index (κ3) is 2.98. The minimum Gasteiger partial charge on any atom is -0.318 e. The van der Waals surface area contributed by atoms with Crippen molar-refractivity contribution in [3.05, 3.63) is 75.8 Å². The smallest absolute Gasteiger partial charge is 0.211 e. The van der Waals surface area contributed by atoms with Crippen molar-refractivity contribution in [3.63, 3.8) is 0 Å². The minimum absolute atomic E-state index is 0.522. The van der Waals surface area contributed by atoms with Gasteiger partial charge in [-0.25, -0.2) is 4.68 Å². The van der Waals surface area contributed by atoms with Crippen molar-refractivity contribution in [2.24, 2.45) is 17.3 Å². The van der Waals surface area contributed by atoms with Crippen molar-refractivity contribution in [2.45, 2.75) is 6.92 Å². The van der Waals surface area contributed by atoms with E-state index in [4.69, 9.17) is 11.6 Å². The summed E-state index contributed by atoms with van der Waals surface area (Å²) in [4.78, 5) is 0.826. The van der Waals surface area contributed by atoms with E-state index >= 15 is 0 Å². The lowest BCUT2D eigenvalue weighted by molar-refractivity contribution is 0.863. The number of hydrogen-bond acceptors (Lipinski definition) is 4. The molecule has 0 saturated heterocycles. The molecular weight excluding hydrogens is 366 g/mol. The molecule has 2 heterocycles. The van der Waals surface area contributed by atoms with E-state index in [0.29, 0.717) is 5.15 Å². The standard InChI is InChI=1S/C19H16ClN5S/c1-13-15(18(20)25(23-13)14-8-4-3-5-9-14)12-21-22-19-24(2)16-10-6-7-11-17(16)26-19/h3-12H,1-2H3/b21-12-,22-19-. The van der Waals surface area contributed by atoms with Gasteiger partial charge in [0.2, 0.25) is 4.80 Å². The Labute approximate surface area is 159 Å². The zero-order chi connectivity index (χ0) is 18.1. The summed E-state index contributed by atoms with van der Waals surface area (Å²) in [5.74, 6) is 0. The van der Waals surface area contributed by atoms with Gasteiger partial charge < -0.3 is 4.57 Å².